The maximum absolute atomic E-state index is 11.8. The van der Waals surface area contributed by atoms with E-state index < -0.39 is 0 Å². The molecule has 0 saturated heterocycles. The number of amides is 1. The van der Waals surface area contributed by atoms with Crippen molar-refractivity contribution in [2.45, 2.75) is 26.7 Å². The maximum Gasteiger partial charge on any atom is 0.309 e. The van der Waals surface area contributed by atoms with E-state index in [1.807, 2.05) is 24.3 Å². The van der Waals surface area contributed by atoms with Crippen molar-refractivity contribution in [2.24, 2.45) is 5.92 Å². The summed E-state index contributed by atoms with van der Waals surface area (Å²) in [6.07, 6.45) is 0. The molecule has 0 spiro atoms. The molecule has 0 radical (unpaired) electrons. The zero-order chi connectivity index (χ0) is 15.8. The van der Waals surface area contributed by atoms with Crippen LogP contribution in [0.3, 0.4) is 0 Å². The standard InChI is InChI=1S/C16H23NO3S/c1-11(2)13-5-7-14(8-6-13)17-15(18)10-21-9-12(3)16(19)20-4/h5-8,11-12H,9-10H2,1-4H3,(H,17,18). The van der Waals surface area contributed by atoms with Crippen LogP contribution in [0, 0.1) is 5.92 Å². The minimum atomic E-state index is -0.243. The van der Waals surface area contributed by atoms with Crippen molar-refractivity contribution in [2.75, 3.05) is 23.9 Å². The highest BCUT2D eigenvalue weighted by Crippen LogP contribution is 2.17. The van der Waals surface area contributed by atoms with Crippen LogP contribution in [0.25, 0.3) is 0 Å². The highest BCUT2D eigenvalue weighted by Gasteiger charge is 2.13. The van der Waals surface area contributed by atoms with Crippen LogP contribution in [0.5, 0.6) is 0 Å². The van der Waals surface area contributed by atoms with E-state index in [0.29, 0.717) is 17.4 Å². The molecule has 21 heavy (non-hydrogen) atoms. The Morgan fingerprint density at radius 2 is 1.81 bits per heavy atom. The number of carbonyl (C=O) groups excluding carboxylic acids is 2. The van der Waals surface area contributed by atoms with Gasteiger partial charge in [-0.3, -0.25) is 9.59 Å². The molecule has 0 aromatic heterocycles. The average molecular weight is 309 g/mol. The third-order valence-electron chi connectivity index (χ3n) is 3.07. The Kier molecular flexibility index (Phi) is 7.29. The minimum absolute atomic E-state index is 0.0608. The number of ether oxygens (including phenoxy) is 1. The summed E-state index contributed by atoms with van der Waals surface area (Å²) >= 11 is 1.43. The molecule has 1 aromatic rings. The molecule has 0 fully saturated rings. The van der Waals surface area contributed by atoms with Gasteiger partial charge in [-0.1, -0.05) is 32.9 Å². The van der Waals surface area contributed by atoms with Crippen molar-refractivity contribution < 1.29 is 14.3 Å². The Hall–Kier alpha value is -1.49. The molecular formula is C16H23NO3S. The van der Waals surface area contributed by atoms with Gasteiger partial charge in [-0.05, 0) is 23.6 Å². The van der Waals surface area contributed by atoms with Gasteiger partial charge < -0.3 is 10.1 Å². The minimum Gasteiger partial charge on any atom is -0.469 e. The van der Waals surface area contributed by atoms with Crippen molar-refractivity contribution >= 4 is 29.3 Å². The lowest BCUT2D eigenvalue weighted by Gasteiger charge is -2.10. The van der Waals surface area contributed by atoms with E-state index in [1.165, 1.54) is 24.4 Å². The highest BCUT2D eigenvalue weighted by atomic mass is 32.2. The van der Waals surface area contributed by atoms with E-state index in [2.05, 4.69) is 23.9 Å². The highest BCUT2D eigenvalue weighted by molar-refractivity contribution is 8.00. The van der Waals surface area contributed by atoms with Crippen LogP contribution >= 0.6 is 11.8 Å². The molecule has 1 amide bonds. The first-order valence-corrected chi connectivity index (χ1v) is 8.15. The molecule has 0 heterocycles. The lowest BCUT2D eigenvalue weighted by molar-refractivity contribution is -0.144. The Balaban J connectivity index is 2.35. The van der Waals surface area contributed by atoms with Crippen molar-refractivity contribution in [3.8, 4) is 0 Å². The second-order valence-electron chi connectivity index (χ2n) is 5.26. The second kappa shape index (κ2) is 8.72. The lowest BCUT2D eigenvalue weighted by atomic mass is 10.0. The summed E-state index contributed by atoms with van der Waals surface area (Å²) in [6.45, 7) is 6.06. The van der Waals surface area contributed by atoms with Crippen LogP contribution in [0.1, 0.15) is 32.3 Å². The van der Waals surface area contributed by atoms with Gasteiger partial charge in [-0.15, -0.1) is 0 Å². The van der Waals surface area contributed by atoms with Crippen LogP contribution in [0.15, 0.2) is 24.3 Å². The fourth-order valence-corrected chi connectivity index (χ4v) is 2.61. The number of carbonyl (C=O) groups is 2. The van der Waals surface area contributed by atoms with Crippen molar-refractivity contribution in [1.82, 2.24) is 0 Å². The van der Waals surface area contributed by atoms with E-state index in [4.69, 9.17) is 0 Å². The number of benzene rings is 1. The van der Waals surface area contributed by atoms with Crippen LogP contribution in [0.4, 0.5) is 5.69 Å². The summed E-state index contributed by atoms with van der Waals surface area (Å²) in [5.74, 6) is 0.879. The van der Waals surface area contributed by atoms with E-state index >= 15 is 0 Å². The number of hydrogen-bond donors (Lipinski definition) is 1. The van der Waals surface area contributed by atoms with Gasteiger partial charge in [0.2, 0.25) is 5.91 Å². The number of hydrogen-bond acceptors (Lipinski definition) is 4. The lowest BCUT2D eigenvalue weighted by Crippen LogP contribution is -2.18. The van der Waals surface area contributed by atoms with Crippen LogP contribution < -0.4 is 5.32 Å². The van der Waals surface area contributed by atoms with Crippen molar-refractivity contribution in [3.63, 3.8) is 0 Å². The molecule has 0 aliphatic rings. The van der Waals surface area contributed by atoms with Gasteiger partial charge in [-0.2, -0.15) is 11.8 Å². The van der Waals surface area contributed by atoms with Gasteiger partial charge in [0.25, 0.3) is 0 Å². The van der Waals surface area contributed by atoms with Gasteiger partial charge in [0.1, 0.15) is 0 Å². The molecule has 1 N–H and O–H groups in total. The zero-order valence-corrected chi connectivity index (χ0v) is 13.8. The molecule has 1 unspecified atom stereocenters. The largest absolute Gasteiger partial charge is 0.469 e. The molecule has 0 saturated carbocycles. The van der Waals surface area contributed by atoms with E-state index in [9.17, 15) is 9.59 Å². The summed E-state index contributed by atoms with van der Waals surface area (Å²) in [5, 5.41) is 2.85. The summed E-state index contributed by atoms with van der Waals surface area (Å²) in [4.78, 5) is 23.0. The van der Waals surface area contributed by atoms with Crippen LogP contribution in [0.2, 0.25) is 0 Å². The zero-order valence-electron chi connectivity index (χ0n) is 13.0. The van der Waals surface area contributed by atoms with E-state index in [0.717, 1.165) is 5.69 Å². The number of esters is 1. The smallest absolute Gasteiger partial charge is 0.309 e. The molecule has 116 valence electrons. The van der Waals surface area contributed by atoms with Gasteiger partial charge in [0.05, 0.1) is 18.8 Å². The molecule has 0 aliphatic heterocycles. The predicted molar refractivity (Wildman–Crippen MR) is 87.7 cm³/mol. The van der Waals surface area contributed by atoms with Crippen LogP contribution in [-0.4, -0.2) is 30.5 Å². The fourth-order valence-electron chi connectivity index (χ4n) is 1.75. The topological polar surface area (TPSA) is 55.4 Å². The van der Waals surface area contributed by atoms with Crippen molar-refractivity contribution in [3.05, 3.63) is 29.8 Å². The SMILES string of the molecule is COC(=O)C(C)CSCC(=O)Nc1ccc(C(C)C)cc1. The molecule has 1 rings (SSSR count). The first kappa shape index (κ1) is 17.6. The Morgan fingerprint density at radius 3 is 2.33 bits per heavy atom. The van der Waals surface area contributed by atoms with Gasteiger partial charge in [0, 0.05) is 11.4 Å². The Bertz CT molecular complexity index is 471. The number of thioether (sulfide) groups is 1. The third kappa shape index (κ3) is 6.21. The van der Waals surface area contributed by atoms with E-state index in [1.54, 1.807) is 6.92 Å². The molecule has 4 nitrogen and oxygen atoms in total. The number of methoxy groups -OCH3 is 1. The van der Waals surface area contributed by atoms with Gasteiger partial charge in [0.15, 0.2) is 0 Å². The van der Waals surface area contributed by atoms with Crippen LogP contribution in [-0.2, 0) is 14.3 Å². The summed E-state index contributed by atoms with van der Waals surface area (Å²) in [7, 11) is 1.37. The summed E-state index contributed by atoms with van der Waals surface area (Å²) < 4.78 is 4.64. The molecular weight excluding hydrogens is 286 g/mol. The number of anilines is 1. The molecule has 1 aromatic carbocycles. The fraction of sp³-hybridized carbons (Fsp3) is 0.500. The average Bonchev–Trinajstić information content (AvgIpc) is 2.46. The summed E-state index contributed by atoms with van der Waals surface area (Å²) in [6, 6.07) is 7.86. The molecule has 0 bridgehead atoms. The molecule has 0 aliphatic carbocycles. The maximum atomic E-state index is 11.8. The van der Waals surface area contributed by atoms with Gasteiger partial charge >= 0.3 is 5.97 Å². The molecule has 1 atom stereocenters. The first-order valence-electron chi connectivity index (χ1n) is 6.99. The monoisotopic (exact) mass is 309 g/mol. The van der Waals surface area contributed by atoms with E-state index in [-0.39, 0.29) is 17.8 Å². The summed E-state index contributed by atoms with van der Waals surface area (Å²) in [5.41, 5.74) is 2.04. The second-order valence-corrected chi connectivity index (χ2v) is 6.29. The predicted octanol–water partition coefficient (Wildman–Crippen LogP) is 3.29. The Morgan fingerprint density at radius 1 is 1.19 bits per heavy atom. The van der Waals surface area contributed by atoms with Gasteiger partial charge in [-0.25, -0.2) is 0 Å². The molecule has 5 heteroatoms. The normalized spacial score (nSPS) is 12.0. The quantitative estimate of drug-likeness (QED) is 0.785. The Labute approximate surface area is 130 Å². The van der Waals surface area contributed by atoms with Crippen molar-refractivity contribution in [1.29, 1.82) is 0 Å². The number of rotatable bonds is 7. The third-order valence-corrected chi connectivity index (χ3v) is 4.27. The first-order chi connectivity index (χ1) is 9.93. The number of nitrogens with one attached hydrogen (secondary N) is 1.